The lowest BCUT2D eigenvalue weighted by Crippen LogP contribution is -2.32. The minimum Gasteiger partial charge on any atom is -0.370 e. The van der Waals surface area contributed by atoms with Gasteiger partial charge in [0, 0.05) is 0 Å². The van der Waals surface area contributed by atoms with E-state index < -0.39 is 0 Å². The molecule has 0 saturated carbocycles. The minimum absolute atomic E-state index is 0.509. The maximum Gasteiger partial charge on any atom is 0.0875 e. The lowest BCUT2D eigenvalue weighted by molar-refractivity contribution is 0.156. The van der Waals surface area contributed by atoms with Gasteiger partial charge in [0.15, 0.2) is 0 Å². The molecule has 0 aromatic carbocycles. The summed E-state index contributed by atoms with van der Waals surface area (Å²) in [6.07, 6.45) is 7.04. The van der Waals surface area contributed by atoms with Crippen LogP contribution in [0.4, 0.5) is 0 Å². The van der Waals surface area contributed by atoms with Gasteiger partial charge in [-0.2, -0.15) is 0 Å². The first kappa shape index (κ1) is 10.2. The zero-order valence-electron chi connectivity index (χ0n) is 9.73. The summed E-state index contributed by atoms with van der Waals surface area (Å²) in [6.45, 7) is 9.23. The van der Waals surface area contributed by atoms with Gasteiger partial charge in [0.2, 0.25) is 0 Å². The van der Waals surface area contributed by atoms with Crippen LogP contribution in [-0.2, 0) is 4.74 Å². The summed E-state index contributed by atoms with van der Waals surface area (Å²) in [6, 6.07) is 0. The lowest BCUT2D eigenvalue weighted by atomic mass is 9.69. The third-order valence-corrected chi connectivity index (χ3v) is 3.94. The second-order valence-electron chi connectivity index (χ2n) is 5.31. The number of hydrogen-bond acceptors (Lipinski definition) is 1. The number of hydrogen-bond donors (Lipinski definition) is 0. The standard InChI is InChI=1S/C13H22O/c1-8(2)11-7-5-6-9(3)12(11)13-10(4)14-13/h5-6,8-13H,7H2,1-4H3. The summed E-state index contributed by atoms with van der Waals surface area (Å²) in [5, 5.41) is 0. The van der Waals surface area contributed by atoms with Crippen molar-refractivity contribution in [1.82, 2.24) is 0 Å². The van der Waals surface area contributed by atoms with E-state index in [0.29, 0.717) is 18.1 Å². The minimum atomic E-state index is 0.509. The van der Waals surface area contributed by atoms with Crippen LogP contribution in [0, 0.1) is 23.7 Å². The van der Waals surface area contributed by atoms with Crippen molar-refractivity contribution in [2.24, 2.45) is 23.7 Å². The molecule has 5 unspecified atom stereocenters. The van der Waals surface area contributed by atoms with Gasteiger partial charge in [0.05, 0.1) is 12.2 Å². The molecule has 0 aromatic heterocycles. The van der Waals surface area contributed by atoms with Crippen LogP contribution in [0.5, 0.6) is 0 Å². The second-order valence-corrected chi connectivity index (χ2v) is 5.31. The molecule has 5 atom stereocenters. The van der Waals surface area contributed by atoms with Crippen molar-refractivity contribution in [2.45, 2.75) is 46.3 Å². The Labute approximate surface area is 87.5 Å². The third kappa shape index (κ3) is 1.75. The number of rotatable bonds is 2. The molecule has 0 radical (unpaired) electrons. The Morgan fingerprint density at radius 2 is 1.93 bits per heavy atom. The topological polar surface area (TPSA) is 12.5 Å². The van der Waals surface area contributed by atoms with Gasteiger partial charge < -0.3 is 4.74 Å². The van der Waals surface area contributed by atoms with Crippen LogP contribution in [0.25, 0.3) is 0 Å². The average molecular weight is 194 g/mol. The highest BCUT2D eigenvalue weighted by Crippen LogP contribution is 2.44. The largest absolute Gasteiger partial charge is 0.370 e. The first-order valence-corrected chi connectivity index (χ1v) is 5.93. The van der Waals surface area contributed by atoms with Crippen LogP contribution in [0.2, 0.25) is 0 Å². The normalized spacial score (nSPS) is 47.1. The maximum atomic E-state index is 5.67. The Morgan fingerprint density at radius 3 is 2.43 bits per heavy atom. The van der Waals surface area contributed by atoms with E-state index in [1.165, 1.54) is 6.42 Å². The Balaban J connectivity index is 2.11. The molecule has 2 aliphatic rings. The summed E-state index contributed by atoms with van der Waals surface area (Å²) in [4.78, 5) is 0. The quantitative estimate of drug-likeness (QED) is 0.485. The van der Waals surface area contributed by atoms with E-state index in [1.807, 2.05) is 0 Å². The molecule has 0 aromatic rings. The smallest absolute Gasteiger partial charge is 0.0875 e. The molecule has 1 saturated heterocycles. The molecule has 1 heteroatoms. The first-order valence-electron chi connectivity index (χ1n) is 5.93. The van der Waals surface area contributed by atoms with E-state index in [0.717, 1.165) is 17.8 Å². The van der Waals surface area contributed by atoms with E-state index in [4.69, 9.17) is 4.74 Å². The number of ether oxygens (including phenoxy) is 1. The third-order valence-electron chi connectivity index (χ3n) is 3.94. The van der Waals surface area contributed by atoms with Crippen LogP contribution in [0.15, 0.2) is 12.2 Å². The van der Waals surface area contributed by atoms with Crippen molar-refractivity contribution < 1.29 is 4.74 Å². The zero-order valence-corrected chi connectivity index (χ0v) is 9.73. The van der Waals surface area contributed by atoms with Gasteiger partial charge in [0.1, 0.15) is 0 Å². The Morgan fingerprint density at radius 1 is 1.29 bits per heavy atom. The fraction of sp³-hybridized carbons (Fsp3) is 0.846. The van der Waals surface area contributed by atoms with E-state index in [9.17, 15) is 0 Å². The van der Waals surface area contributed by atoms with Crippen molar-refractivity contribution in [3.05, 3.63) is 12.2 Å². The van der Waals surface area contributed by atoms with Crippen molar-refractivity contribution in [2.75, 3.05) is 0 Å². The molecule has 1 nitrogen and oxygen atoms in total. The van der Waals surface area contributed by atoms with Gasteiger partial charge in [-0.05, 0) is 37.0 Å². The van der Waals surface area contributed by atoms with Gasteiger partial charge in [-0.1, -0.05) is 32.9 Å². The van der Waals surface area contributed by atoms with Crippen LogP contribution in [-0.4, -0.2) is 12.2 Å². The van der Waals surface area contributed by atoms with Crippen LogP contribution < -0.4 is 0 Å². The highest BCUT2D eigenvalue weighted by Gasteiger charge is 2.47. The summed E-state index contributed by atoms with van der Waals surface area (Å²) >= 11 is 0. The maximum absolute atomic E-state index is 5.67. The molecule has 0 N–H and O–H groups in total. The van der Waals surface area contributed by atoms with E-state index in [-0.39, 0.29) is 0 Å². The number of epoxide rings is 1. The summed E-state index contributed by atoms with van der Waals surface area (Å²) < 4.78 is 5.67. The van der Waals surface area contributed by atoms with Gasteiger partial charge in [-0.3, -0.25) is 0 Å². The second kappa shape index (κ2) is 3.69. The van der Waals surface area contributed by atoms with Gasteiger partial charge in [-0.15, -0.1) is 0 Å². The average Bonchev–Trinajstić information content (AvgIpc) is 2.81. The fourth-order valence-electron chi connectivity index (χ4n) is 2.99. The van der Waals surface area contributed by atoms with E-state index >= 15 is 0 Å². The SMILES string of the molecule is CC(C)C1CC=CC(C)C1C1OC1C. The first-order chi connectivity index (χ1) is 6.61. The van der Waals surface area contributed by atoms with Crippen molar-refractivity contribution in [1.29, 1.82) is 0 Å². The Bertz CT molecular complexity index is 231. The zero-order chi connectivity index (χ0) is 10.3. The Hall–Kier alpha value is -0.300. The molecule has 80 valence electrons. The van der Waals surface area contributed by atoms with Gasteiger partial charge in [-0.25, -0.2) is 0 Å². The number of allylic oxidation sites excluding steroid dienone is 2. The van der Waals surface area contributed by atoms with Crippen molar-refractivity contribution >= 4 is 0 Å². The molecule has 2 rings (SSSR count). The van der Waals surface area contributed by atoms with E-state index in [1.54, 1.807) is 0 Å². The molecule has 0 amide bonds. The van der Waals surface area contributed by atoms with Crippen molar-refractivity contribution in [3.8, 4) is 0 Å². The molecule has 1 aliphatic heterocycles. The van der Waals surface area contributed by atoms with Gasteiger partial charge in [0.25, 0.3) is 0 Å². The summed E-state index contributed by atoms with van der Waals surface area (Å²) in [7, 11) is 0. The molecule has 0 bridgehead atoms. The monoisotopic (exact) mass is 194 g/mol. The molecule has 1 aliphatic carbocycles. The Kier molecular flexibility index (Phi) is 2.70. The molecular weight excluding hydrogens is 172 g/mol. The van der Waals surface area contributed by atoms with Crippen LogP contribution in [0.3, 0.4) is 0 Å². The van der Waals surface area contributed by atoms with Gasteiger partial charge >= 0.3 is 0 Å². The predicted octanol–water partition coefficient (Wildman–Crippen LogP) is 3.26. The predicted molar refractivity (Wildman–Crippen MR) is 59.1 cm³/mol. The molecule has 1 heterocycles. The molecule has 1 fully saturated rings. The molecule has 14 heavy (non-hydrogen) atoms. The van der Waals surface area contributed by atoms with Crippen LogP contribution >= 0.6 is 0 Å². The summed E-state index contributed by atoms with van der Waals surface area (Å²) in [5.74, 6) is 3.06. The molecular formula is C13H22O. The molecule has 0 spiro atoms. The summed E-state index contributed by atoms with van der Waals surface area (Å²) in [5.41, 5.74) is 0. The fourth-order valence-corrected chi connectivity index (χ4v) is 2.99. The highest BCUT2D eigenvalue weighted by molar-refractivity contribution is 5.05. The van der Waals surface area contributed by atoms with Crippen molar-refractivity contribution in [3.63, 3.8) is 0 Å². The van der Waals surface area contributed by atoms with E-state index in [2.05, 4.69) is 39.8 Å². The highest BCUT2D eigenvalue weighted by atomic mass is 16.6. The lowest BCUT2D eigenvalue weighted by Gasteiger charge is -2.35. The van der Waals surface area contributed by atoms with Crippen LogP contribution in [0.1, 0.15) is 34.1 Å².